The number of aromatic nitrogens is 1. The summed E-state index contributed by atoms with van der Waals surface area (Å²) in [6.07, 6.45) is -2.12. The number of anilines is 1. The van der Waals surface area contributed by atoms with Crippen LogP contribution in [0.3, 0.4) is 0 Å². The van der Waals surface area contributed by atoms with Crippen molar-refractivity contribution in [3.8, 4) is 0 Å². The first kappa shape index (κ1) is 22.5. The van der Waals surface area contributed by atoms with Crippen molar-refractivity contribution >= 4 is 28.5 Å². The van der Waals surface area contributed by atoms with Gasteiger partial charge in [0, 0.05) is 29.6 Å². The van der Waals surface area contributed by atoms with Crippen LogP contribution in [0.5, 0.6) is 0 Å². The van der Waals surface area contributed by atoms with Crippen LogP contribution in [0.4, 0.5) is 23.2 Å². The molecular weight excluding hydrogens is 448 g/mol. The Bertz CT molecular complexity index is 1070. The van der Waals surface area contributed by atoms with Crippen molar-refractivity contribution in [1.82, 2.24) is 4.98 Å². The van der Waals surface area contributed by atoms with E-state index in [1.807, 2.05) is 0 Å². The second-order valence-corrected chi connectivity index (χ2v) is 8.85. The van der Waals surface area contributed by atoms with Gasteiger partial charge in [-0.3, -0.25) is 9.78 Å². The summed E-state index contributed by atoms with van der Waals surface area (Å²) in [6.45, 7) is 1.61. The molecule has 2 aromatic rings. The minimum absolute atomic E-state index is 0.0343. The molecule has 3 N–H and O–H groups in total. The number of hydrogen-bond acceptors (Lipinski definition) is 6. The first-order chi connectivity index (χ1) is 15.1. The van der Waals surface area contributed by atoms with Crippen molar-refractivity contribution in [2.24, 2.45) is 10.7 Å². The standard InChI is InChI=1S/C21H20F4N4O2S/c1-11-7-20(25)10-32-19(26)29-21(20,9-31-11)13-4-14(22)6-15(5-13)28-18(30)16-3-2-12(8-27-16)17(23)24/h2-6,8,11,17H,7,9-10H2,1H3,(H2,26,29)(H,28,30)/t11-,20+,21+/m0/s1. The fourth-order valence-electron chi connectivity index (χ4n) is 3.97. The predicted octanol–water partition coefficient (Wildman–Crippen LogP) is 4.18. The highest BCUT2D eigenvalue weighted by Crippen LogP contribution is 2.51. The monoisotopic (exact) mass is 468 g/mol. The van der Waals surface area contributed by atoms with Gasteiger partial charge in [-0.2, -0.15) is 0 Å². The summed E-state index contributed by atoms with van der Waals surface area (Å²) in [5.41, 5.74) is 2.24. The number of pyridine rings is 1. The quantitative estimate of drug-likeness (QED) is 0.657. The number of carbonyl (C=O) groups excluding carboxylic acids is 1. The summed E-state index contributed by atoms with van der Waals surface area (Å²) < 4.78 is 61.7. The number of amides is 1. The lowest BCUT2D eigenvalue weighted by atomic mass is 9.73. The number of halogens is 4. The molecule has 6 nitrogen and oxygen atoms in total. The number of hydrogen-bond donors (Lipinski definition) is 2. The molecule has 2 aliphatic rings. The topological polar surface area (TPSA) is 89.6 Å². The molecule has 1 saturated heterocycles. The van der Waals surface area contributed by atoms with Crippen molar-refractivity contribution < 1.29 is 27.1 Å². The summed E-state index contributed by atoms with van der Waals surface area (Å²) in [5.74, 6) is -1.42. The number of carbonyl (C=O) groups is 1. The Morgan fingerprint density at radius 3 is 2.81 bits per heavy atom. The molecule has 0 aliphatic carbocycles. The van der Waals surface area contributed by atoms with E-state index in [-0.39, 0.29) is 52.6 Å². The Kier molecular flexibility index (Phi) is 5.89. The summed E-state index contributed by atoms with van der Waals surface area (Å²) in [7, 11) is 0. The molecule has 4 rings (SSSR count). The lowest BCUT2D eigenvalue weighted by Crippen LogP contribution is -2.60. The van der Waals surface area contributed by atoms with E-state index in [0.29, 0.717) is 0 Å². The van der Waals surface area contributed by atoms with Gasteiger partial charge in [-0.05, 0) is 42.8 Å². The van der Waals surface area contributed by atoms with Gasteiger partial charge in [0.15, 0.2) is 10.8 Å². The van der Waals surface area contributed by atoms with Gasteiger partial charge in [-0.15, -0.1) is 0 Å². The van der Waals surface area contributed by atoms with Crippen LogP contribution in [0.25, 0.3) is 0 Å². The maximum atomic E-state index is 16.1. The maximum absolute atomic E-state index is 16.1. The molecule has 1 fully saturated rings. The Labute approximate surface area is 185 Å². The lowest BCUT2D eigenvalue weighted by molar-refractivity contribution is -0.106. The van der Waals surface area contributed by atoms with Crippen molar-refractivity contribution in [3.63, 3.8) is 0 Å². The first-order valence-corrected chi connectivity index (χ1v) is 10.8. The minimum Gasteiger partial charge on any atom is -0.379 e. The van der Waals surface area contributed by atoms with Crippen LogP contribution in [0.15, 0.2) is 41.5 Å². The number of nitrogens with one attached hydrogen (secondary N) is 1. The molecule has 3 heterocycles. The number of aliphatic imine (C=N–C) groups is 1. The van der Waals surface area contributed by atoms with Crippen LogP contribution in [-0.2, 0) is 10.3 Å². The molecule has 32 heavy (non-hydrogen) atoms. The molecule has 0 radical (unpaired) electrons. The zero-order valence-electron chi connectivity index (χ0n) is 16.9. The molecule has 1 aromatic heterocycles. The zero-order chi connectivity index (χ0) is 23.1. The molecule has 0 spiro atoms. The Morgan fingerprint density at radius 2 is 2.12 bits per heavy atom. The number of nitrogens with two attached hydrogens (primary N) is 1. The molecule has 1 amide bonds. The molecule has 0 bridgehead atoms. The average molecular weight is 468 g/mol. The number of benzene rings is 1. The van der Waals surface area contributed by atoms with Crippen molar-refractivity contribution in [3.05, 3.63) is 59.2 Å². The fraction of sp³-hybridized carbons (Fsp3) is 0.381. The maximum Gasteiger partial charge on any atom is 0.274 e. The summed E-state index contributed by atoms with van der Waals surface area (Å²) >= 11 is 1.09. The van der Waals surface area contributed by atoms with Crippen LogP contribution in [0.1, 0.15) is 41.4 Å². The third kappa shape index (κ3) is 4.06. The predicted molar refractivity (Wildman–Crippen MR) is 113 cm³/mol. The van der Waals surface area contributed by atoms with E-state index in [1.165, 1.54) is 6.07 Å². The van der Waals surface area contributed by atoms with Gasteiger partial charge in [-0.1, -0.05) is 11.8 Å². The third-order valence-electron chi connectivity index (χ3n) is 5.58. The van der Waals surface area contributed by atoms with E-state index in [4.69, 9.17) is 10.5 Å². The first-order valence-electron chi connectivity index (χ1n) is 9.77. The van der Waals surface area contributed by atoms with E-state index in [0.717, 1.165) is 42.2 Å². The average Bonchev–Trinajstić information content (AvgIpc) is 2.74. The van der Waals surface area contributed by atoms with Crippen LogP contribution in [-0.4, -0.2) is 40.2 Å². The number of alkyl halides is 3. The minimum atomic E-state index is -2.72. The van der Waals surface area contributed by atoms with Crippen LogP contribution >= 0.6 is 11.8 Å². The Hall–Kier alpha value is -2.66. The van der Waals surface area contributed by atoms with E-state index < -0.39 is 29.4 Å². The fourth-order valence-corrected chi connectivity index (χ4v) is 4.92. The number of nitrogens with zero attached hydrogens (tertiary/aromatic N) is 2. The highest BCUT2D eigenvalue weighted by Gasteiger charge is 2.59. The Balaban J connectivity index is 1.68. The van der Waals surface area contributed by atoms with E-state index >= 15 is 4.39 Å². The van der Waals surface area contributed by atoms with Crippen LogP contribution < -0.4 is 11.1 Å². The van der Waals surface area contributed by atoms with Gasteiger partial charge in [0.25, 0.3) is 12.3 Å². The van der Waals surface area contributed by atoms with Crippen LogP contribution in [0, 0.1) is 5.82 Å². The smallest absolute Gasteiger partial charge is 0.274 e. The zero-order valence-corrected chi connectivity index (χ0v) is 17.8. The van der Waals surface area contributed by atoms with Crippen molar-refractivity contribution in [2.75, 3.05) is 17.7 Å². The second-order valence-electron chi connectivity index (χ2n) is 7.85. The summed E-state index contributed by atoms with van der Waals surface area (Å²) in [4.78, 5) is 20.6. The Morgan fingerprint density at radius 1 is 1.34 bits per heavy atom. The van der Waals surface area contributed by atoms with Gasteiger partial charge < -0.3 is 15.8 Å². The van der Waals surface area contributed by atoms with E-state index in [1.54, 1.807) is 6.92 Å². The van der Waals surface area contributed by atoms with Gasteiger partial charge in [0.1, 0.15) is 17.1 Å². The third-order valence-corrected chi connectivity index (χ3v) is 6.57. The molecule has 3 atom stereocenters. The number of thioether (sulfide) groups is 1. The molecule has 1 aromatic carbocycles. The highest BCUT2D eigenvalue weighted by atomic mass is 32.2. The van der Waals surface area contributed by atoms with Crippen LogP contribution in [0.2, 0.25) is 0 Å². The van der Waals surface area contributed by atoms with Gasteiger partial charge in [0.05, 0.1) is 12.7 Å². The molecule has 0 unspecified atom stereocenters. The normalized spacial score (nSPS) is 27.6. The highest BCUT2D eigenvalue weighted by molar-refractivity contribution is 8.13. The summed E-state index contributed by atoms with van der Waals surface area (Å²) in [5, 5.41) is 2.64. The van der Waals surface area contributed by atoms with Gasteiger partial charge in [0.2, 0.25) is 0 Å². The molecule has 0 saturated carbocycles. The summed E-state index contributed by atoms with van der Waals surface area (Å²) in [6, 6.07) is 5.84. The van der Waals surface area contributed by atoms with E-state index in [9.17, 15) is 18.0 Å². The number of ether oxygens (including phenoxy) is 1. The second kappa shape index (κ2) is 8.36. The molecular formula is C21H20F4N4O2S. The van der Waals surface area contributed by atoms with Gasteiger partial charge in [-0.25, -0.2) is 22.6 Å². The van der Waals surface area contributed by atoms with Crippen molar-refractivity contribution in [1.29, 1.82) is 0 Å². The largest absolute Gasteiger partial charge is 0.379 e. The molecule has 2 aliphatic heterocycles. The SMILES string of the molecule is C[C@H]1C[C@@]2(F)CSC(N)=N[C@@]2(c2cc(F)cc(NC(=O)c3ccc(C(F)F)cn3)c2)CO1. The van der Waals surface area contributed by atoms with Crippen molar-refractivity contribution in [2.45, 2.75) is 37.1 Å². The number of amidine groups is 1. The van der Waals surface area contributed by atoms with Gasteiger partial charge >= 0.3 is 0 Å². The molecule has 170 valence electrons. The molecule has 11 heteroatoms. The lowest BCUT2D eigenvalue weighted by Gasteiger charge is -2.49. The number of fused-ring (bicyclic) bond motifs is 1. The number of rotatable bonds is 4. The van der Waals surface area contributed by atoms with E-state index in [2.05, 4.69) is 15.3 Å².